The van der Waals surface area contributed by atoms with Gasteiger partial charge in [-0.05, 0) is 34.4 Å². The zero-order valence-electron chi connectivity index (χ0n) is 14.3. The number of nitrogens with zero attached hydrogens (tertiary/aromatic N) is 3. The van der Waals surface area contributed by atoms with Crippen molar-refractivity contribution in [3.05, 3.63) is 79.0 Å². The Morgan fingerprint density at radius 3 is 2.37 bits per heavy atom. The van der Waals surface area contributed by atoms with E-state index in [2.05, 4.69) is 66.7 Å². The van der Waals surface area contributed by atoms with E-state index in [0.717, 1.165) is 22.1 Å². The molecule has 0 fully saturated rings. The minimum Gasteiger partial charge on any atom is -0.248 e. The van der Waals surface area contributed by atoms with E-state index >= 15 is 0 Å². The maximum Gasteiger partial charge on any atom is 0.0997 e. The highest BCUT2D eigenvalue weighted by atomic mass is 15.2. The summed E-state index contributed by atoms with van der Waals surface area (Å²) in [6, 6.07) is 25.7. The molecule has 0 unspecified atom stereocenters. The van der Waals surface area contributed by atoms with Gasteiger partial charge in [-0.25, -0.2) is 9.50 Å². The SMILES string of the molecule is c1ccc2c(c1)nc1ccn3nc4c(cc3c12)c1cccc2cccc4c21. The fourth-order valence-corrected chi connectivity index (χ4v) is 4.59. The Hall–Kier alpha value is -3.72. The Kier molecular flexibility index (Phi) is 2.25. The molecule has 124 valence electrons. The van der Waals surface area contributed by atoms with Crippen LogP contribution in [0.3, 0.4) is 0 Å². The number of hydrogen-bond donors (Lipinski definition) is 0. The molecule has 0 aliphatic carbocycles. The molecule has 7 rings (SSSR count). The van der Waals surface area contributed by atoms with Crippen LogP contribution < -0.4 is 0 Å². The van der Waals surface area contributed by atoms with Crippen LogP contribution in [0.5, 0.6) is 0 Å². The first kappa shape index (κ1) is 13.5. The van der Waals surface area contributed by atoms with Crippen LogP contribution >= 0.6 is 0 Å². The van der Waals surface area contributed by atoms with Crippen LogP contribution in [0.1, 0.15) is 0 Å². The molecule has 3 heterocycles. The largest absolute Gasteiger partial charge is 0.248 e. The Morgan fingerprint density at radius 2 is 1.44 bits per heavy atom. The minimum atomic E-state index is 1.02. The third-order valence-electron chi connectivity index (χ3n) is 5.74. The topological polar surface area (TPSA) is 30.2 Å². The lowest BCUT2D eigenvalue weighted by Gasteiger charge is -2.04. The summed E-state index contributed by atoms with van der Waals surface area (Å²) in [6.45, 7) is 0. The number of hydrogen-bond acceptors (Lipinski definition) is 2. The summed E-state index contributed by atoms with van der Waals surface area (Å²) >= 11 is 0. The summed E-state index contributed by atoms with van der Waals surface area (Å²) < 4.78 is 2.00. The van der Waals surface area contributed by atoms with Gasteiger partial charge in [0.2, 0.25) is 0 Å². The summed E-state index contributed by atoms with van der Waals surface area (Å²) in [5, 5.41) is 13.6. The van der Waals surface area contributed by atoms with Gasteiger partial charge in [-0.15, -0.1) is 0 Å². The van der Waals surface area contributed by atoms with Crippen LogP contribution in [0.15, 0.2) is 79.0 Å². The van der Waals surface area contributed by atoms with Crippen LogP contribution in [-0.2, 0) is 0 Å². The number of aromatic nitrogens is 3. The third kappa shape index (κ3) is 1.57. The van der Waals surface area contributed by atoms with Gasteiger partial charge < -0.3 is 0 Å². The lowest BCUT2D eigenvalue weighted by atomic mass is 10.1. The molecule has 0 aliphatic rings. The highest BCUT2D eigenvalue weighted by Crippen LogP contribution is 2.38. The fourth-order valence-electron chi connectivity index (χ4n) is 4.59. The van der Waals surface area contributed by atoms with Gasteiger partial charge in [-0.2, -0.15) is 5.10 Å². The van der Waals surface area contributed by atoms with Gasteiger partial charge in [0, 0.05) is 27.7 Å². The summed E-state index contributed by atoms with van der Waals surface area (Å²) in [5.74, 6) is 0. The van der Waals surface area contributed by atoms with E-state index in [1.54, 1.807) is 0 Å². The molecule has 0 saturated heterocycles. The molecule has 0 N–H and O–H groups in total. The summed E-state index contributed by atoms with van der Waals surface area (Å²) in [6.07, 6.45) is 2.02. The second kappa shape index (κ2) is 4.51. The molecule has 7 aromatic rings. The summed E-state index contributed by atoms with van der Waals surface area (Å²) in [5.41, 5.74) is 4.21. The van der Waals surface area contributed by atoms with Crippen LogP contribution in [0.2, 0.25) is 0 Å². The van der Waals surface area contributed by atoms with E-state index in [9.17, 15) is 0 Å². The summed E-state index contributed by atoms with van der Waals surface area (Å²) in [7, 11) is 0. The Bertz CT molecular complexity index is 1670. The number of pyridine rings is 1. The van der Waals surface area contributed by atoms with E-state index in [4.69, 9.17) is 10.1 Å². The maximum absolute atomic E-state index is 5.02. The van der Waals surface area contributed by atoms with Gasteiger partial charge in [-0.3, -0.25) is 0 Å². The zero-order chi connectivity index (χ0) is 17.5. The van der Waals surface area contributed by atoms with E-state index < -0.39 is 0 Å². The molecule has 0 spiro atoms. The van der Waals surface area contributed by atoms with E-state index in [-0.39, 0.29) is 0 Å². The van der Waals surface area contributed by atoms with Gasteiger partial charge in [0.05, 0.1) is 22.1 Å². The summed E-state index contributed by atoms with van der Waals surface area (Å²) in [4.78, 5) is 4.80. The predicted octanol–water partition coefficient (Wildman–Crippen LogP) is 5.93. The van der Waals surface area contributed by atoms with Crippen molar-refractivity contribution < 1.29 is 0 Å². The first-order valence-electron chi connectivity index (χ1n) is 9.12. The van der Waals surface area contributed by atoms with Crippen molar-refractivity contribution in [2.45, 2.75) is 0 Å². The smallest absolute Gasteiger partial charge is 0.0997 e. The lowest BCUT2D eigenvalue weighted by molar-refractivity contribution is 0.968. The van der Waals surface area contributed by atoms with Crippen molar-refractivity contribution in [1.82, 2.24) is 14.6 Å². The standard InChI is InChI=1S/C24H13N3/c1-2-10-19-16(7-1)23-20(25-19)11-12-27-21(23)13-18-15-8-3-5-14-6-4-9-17(22(14)15)24(18)26-27/h1-13H. The Labute approximate surface area is 153 Å². The molecule has 0 radical (unpaired) electrons. The minimum absolute atomic E-state index is 1.02. The molecule has 0 bridgehead atoms. The van der Waals surface area contributed by atoms with Crippen molar-refractivity contribution in [3.8, 4) is 0 Å². The molecular formula is C24H13N3. The molecular weight excluding hydrogens is 330 g/mol. The van der Waals surface area contributed by atoms with Gasteiger partial charge in [-0.1, -0.05) is 54.6 Å². The number of fused-ring (bicyclic) bond motifs is 8. The maximum atomic E-state index is 5.02. The first-order chi connectivity index (χ1) is 13.4. The normalized spacial score (nSPS) is 12.4. The molecule has 3 nitrogen and oxygen atoms in total. The highest BCUT2D eigenvalue weighted by molar-refractivity contribution is 6.30. The second-order valence-electron chi connectivity index (χ2n) is 7.15. The van der Waals surface area contributed by atoms with Gasteiger partial charge in [0.25, 0.3) is 0 Å². The molecule has 0 atom stereocenters. The molecule has 0 amide bonds. The van der Waals surface area contributed by atoms with Crippen LogP contribution in [-0.4, -0.2) is 14.6 Å². The molecule has 0 aliphatic heterocycles. The molecule has 3 heteroatoms. The highest BCUT2D eigenvalue weighted by Gasteiger charge is 2.15. The lowest BCUT2D eigenvalue weighted by Crippen LogP contribution is -1.94. The van der Waals surface area contributed by atoms with E-state index in [0.29, 0.717) is 0 Å². The van der Waals surface area contributed by atoms with Crippen LogP contribution in [0.25, 0.3) is 59.8 Å². The monoisotopic (exact) mass is 343 g/mol. The zero-order valence-corrected chi connectivity index (χ0v) is 14.3. The van der Waals surface area contributed by atoms with E-state index in [1.807, 2.05) is 16.8 Å². The Balaban J connectivity index is 1.79. The first-order valence-corrected chi connectivity index (χ1v) is 9.12. The molecule has 27 heavy (non-hydrogen) atoms. The van der Waals surface area contributed by atoms with Gasteiger partial charge in [0.1, 0.15) is 0 Å². The molecule has 0 saturated carbocycles. The van der Waals surface area contributed by atoms with Crippen molar-refractivity contribution in [2.24, 2.45) is 0 Å². The molecule has 3 aromatic heterocycles. The fraction of sp³-hybridized carbons (Fsp3) is 0. The van der Waals surface area contributed by atoms with Crippen molar-refractivity contribution in [1.29, 1.82) is 0 Å². The molecule has 4 aromatic carbocycles. The average molecular weight is 343 g/mol. The number of benzene rings is 3. The van der Waals surface area contributed by atoms with E-state index in [1.165, 1.54) is 37.7 Å². The average Bonchev–Trinajstić information content (AvgIpc) is 3.25. The van der Waals surface area contributed by atoms with Crippen molar-refractivity contribution >= 4 is 59.8 Å². The quantitative estimate of drug-likeness (QED) is 0.341. The van der Waals surface area contributed by atoms with Gasteiger partial charge in [0.15, 0.2) is 0 Å². The predicted molar refractivity (Wildman–Crippen MR) is 112 cm³/mol. The van der Waals surface area contributed by atoms with Gasteiger partial charge >= 0.3 is 0 Å². The number of para-hydroxylation sites is 1. The number of rotatable bonds is 0. The van der Waals surface area contributed by atoms with Crippen LogP contribution in [0.4, 0.5) is 0 Å². The third-order valence-corrected chi connectivity index (χ3v) is 5.74. The van der Waals surface area contributed by atoms with Crippen molar-refractivity contribution in [3.63, 3.8) is 0 Å². The van der Waals surface area contributed by atoms with Crippen LogP contribution in [0, 0.1) is 0 Å². The second-order valence-corrected chi connectivity index (χ2v) is 7.15. The van der Waals surface area contributed by atoms with Crippen molar-refractivity contribution in [2.75, 3.05) is 0 Å². The Morgan fingerprint density at radius 1 is 0.630 bits per heavy atom.